The number of piperidine rings is 1. The number of hydrogen-bond acceptors (Lipinski definition) is 6. The second-order valence-electron chi connectivity index (χ2n) is 7.97. The minimum Gasteiger partial charge on any atom is -0.497 e. The van der Waals surface area contributed by atoms with E-state index in [9.17, 15) is 13.2 Å². The number of nitrogens with zero attached hydrogens (tertiary/aromatic N) is 3. The highest BCUT2D eigenvalue weighted by Crippen LogP contribution is 2.24. The van der Waals surface area contributed by atoms with E-state index in [0.29, 0.717) is 43.2 Å². The molecule has 0 atom stereocenters. The number of thiazole rings is 1. The van der Waals surface area contributed by atoms with Crippen molar-refractivity contribution in [2.75, 3.05) is 33.4 Å². The number of carbonyl (C=O) groups excluding carboxylic acids is 1. The Morgan fingerprint density at radius 2 is 1.82 bits per heavy atom. The Balaban J connectivity index is 1.64. The third kappa shape index (κ3) is 5.25. The molecular formula is C24H29N3O5S2. The number of fused-ring (bicyclic) bond motifs is 1. The molecule has 1 aromatic heterocycles. The number of benzene rings is 2. The van der Waals surface area contributed by atoms with Gasteiger partial charge in [0.15, 0.2) is 4.80 Å². The van der Waals surface area contributed by atoms with Crippen molar-refractivity contribution in [1.82, 2.24) is 8.87 Å². The number of carbonyl (C=O) groups is 1. The first-order valence-electron chi connectivity index (χ1n) is 11.4. The van der Waals surface area contributed by atoms with Crippen LogP contribution in [0.4, 0.5) is 0 Å². The standard InChI is InChI=1S/C24H29N3O5S2/c1-3-32-16-15-27-21-12-9-19(31-2)17-22(21)33-24(27)25-23(28)18-7-10-20(11-8-18)34(29,30)26-13-5-4-6-14-26/h7-12,17H,3-6,13-16H2,1-2H3. The summed E-state index contributed by atoms with van der Waals surface area (Å²) in [6, 6.07) is 11.8. The number of hydrogen-bond donors (Lipinski definition) is 0. The molecule has 10 heteroatoms. The fourth-order valence-corrected chi connectivity index (χ4v) is 6.56. The average molecular weight is 504 g/mol. The van der Waals surface area contributed by atoms with Gasteiger partial charge in [-0.1, -0.05) is 17.8 Å². The van der Waals surface area contributed by atoms with E-state index in [-0.39, 0.29) is 4.90 Å². The Bertz CT molecular complexity index is 1320. The number of methoxy groups -OCH3 is 1. The topological polar surface area (TPSA) is 90.2 Å². The van der Waals surface area contributed by atoms with Gasteiger partial charge in [0.05, 0.1) is 28.8 Å². The molecule has 0 saturated carbocycles. The molecule has 0 N–H and O–H groups in total. The lowest BCUT2D eigenvalue weighted by Crippen LogP contribution is -2.35. The van der Waals surface area contributed by atoms with E-state index in [2.05, 4.69) is 4.99 Å². The smallest absolute Gasteiger partial charge is 0.279 e. The van der Waals surface area contributed by atoms with Crippen LogP contribution in [-0.4, -0.2) is 56.6 Å². The molecule has 0 bridgehead atoms. The minimum atomic E-state index is -3.54. The molecule has 182 valence electrons. The van der Waals surface area contributed by atoms with Crippen LogP contribution in [-0.2, 0) is 21.3 Å². The van der Waals surface area contributed by atoms with Gasteiger partial charge in [0, 0.05) is 31.8 Å². The first-order chi connectivity index (χ1) is 16.4. The third-order valence-corrected chi connectivity index (χ3v) is 8.76. The van der Waals surface area contributed by atoms with Crippen molar-refractivity contribution in [3.63, 3.8) is 0 Å². The maximum Gasteiger partial charge on any atom is 0.279 e. The zero-order valence-corrected chi connectivity index (χ0v) is 21.0. The number of rotatable bonds is 8. The molecule has 1 saturated heterocycles. The van der Waals surface area contributed by atoms with Gasteiger partial charge in [-0.05, 0) is 62.2 Å². The van der Waals surface area contributed by atoms with Gasteiger partial charge < -0.3 is 14.0 Å². The van der Waals surface area contributed by atoms with Crippen LogP contribution in [0.15, 0.2) is 52.4 Å². The Hall–Kier alpha value is -2.53. The molecule has 0 spiro atoms. The van der Waals surface area contributed by atoms with Gasteiger partial charge >= 0.3 is 0 Å². The van der Waals surface area contributed by atoms with Crippen LogP contribution in [0, 0.1) is 0 Å². The molecule has 1 aliphatic heterocycles. The normalized spacial score (nSPS) is 15.6. The SMILES string of the molecule is CCOCCn1c(=NC(=O)c2ccc(S(=O)(=O)N3CCCCC3)cc2)sc2cc(OC)ccc21. The Morgan fingerprint density at radius 3 is 2.50 bits per heavy atom. The Kier molecular flexibility index (Phi) is 7.82. The van der Waals surface area contributed by atoms with Crippen LogP contribution in [0.2, 0.25) is 0 Å². The van der Waals surface area contributed by atoms with Gasteiger partial charge in [-0.3, -0.25) is 4.79 Å². The lowest BCUT2D eigenvalue weighted by Gasteiger charge is -2.25. The highest BCUT2D eigenvalue weighted by Gasteiger charge is 2.26. The summed E-state index contributed by atoms with van der Waals surface area (Å²) in [7, 11) is -1.93. The van der Waals surface area contributed by atoms with Crippen LogP contribution >= 0.6 is 11.3 Å². The first-order valence-corrected chi connectivity index (χ1v) is 13.6. The number of ether oxygens (including phenoxy) is 2. The van der Waals surface area contributed by atoms with E-state index in [1.807, 2.05) is 29.7 Å². The van der Waals surface area contributed by atoms with Crippen LogP contribution in [0.1, 0.15) is 36.5 Å². The molecule has 0 unspecified atom stereocenters. The first kappa shape index (κ1) is 24.6. The summed E-state index contributed by atoms with van der Waals surface area (Å²) in [5, 5.41) is 0. The summed E-state index contributed by atoms with van der Waals surface area (Å²) in [6.07, 6.45) is 2.80. The summed E-state index contributed by atoms with van der Waals surface area (Å²) in [6.45, 7) is 4.67. The number of amides is 1. The zero-order valence-electron chi connectivity index (χ0n) is 19.4. The second-order valence-corrected chi connectivity index (χ2v) is 10.9. The van der Waals surface area contributed by atoms with E-state index in [1.165, 1.54) is 39.9 Å². The maximum absolute atomic E-state index is 13.0. The van der Waals surface area contributed by atoms with Crippen molar-refractivity contribution in [1.29, 1.82) is 0 Å². The summed E-state index contributed by atoms with van der Waals surface area (Å²) < 4.78 is 41.0. The quantitative estimate of drug-likeness (QED) is 0.438. The van der Waals surface area contributed by atoms with E-state index in [0.717, 1.165) is 35.2 Å². The fraction of sp³-hybridized carbons (Fsp3) is 0.417. The average Bonchev–Trinajstić information content (AvgIpc) is 3.20. The van der Waals surface area contributed by atoms with Gasteiger partial charge in [-0.25, -0.2) is 8.42 Å². The summed E-state index contributed by atoms with van der Waals surface area (Å²) in [5.74, 6) is 0.305. The van der Waals surface area contributed by atoms with E-state index in [4.69, 9.17) is 9.47 Å². The number of sulfonamides is 1. The van der Waals surface area contributed by atoms with E-state index >= 15 is 0 Å². The zero-order chi connectivity index (χ0) is 24.1. The molecule has 4 rings (SSSR count). The fourth-order valence-electron chi connectivity index (χ4n) is 3.96. The molecule has 1 amide bonds. The molecule has 2 aromatic carbocycles. The predicted octanol–water partition coefficient (Wildman–Crippen LogP) is 3.66. The van der Waals surface area contributed by atoms with Crippen molar-refractivity contribution in [2.24, 2.45) is 4.99 Å². The van der Waals surface area contributed by atoms with Crippen LogP contribution in [0.3, 0.4) is 0 Å². The molecule has 1 fully saturated rings. The Morgan fingerprint density at radius 1 is 1.09 bits per heavy atom. The Labute approximate surface area is 203 Å². The van der Waals surface area contributed by atoms with Crippen molar-refractivity contribution in [2.45, 2.75) is 37.6 Å². The molecule has 1 aliphatic rings. The molecule has 3 aromatic rings. The van der Waals surface area contributed by atoms with Gasteiger partial charge in [0.25, 0.3) is 5.91 Å². The van der Waals surface area contributed by atoms with Crippen molar-refractivity contribution in [3.05, 3.63) is 52.8 Å². The highest BCUT2D eigenvalue weighted by atomic mass is 32.2. The summed E-state index contributed by atoms with van der Waals surface area (Å²) >= 11 is 1.40. The molecule has 0 radical (unpaired) electrons. The molecular weight excluding hydrogens is 474 g/mol. The highest BCUT2D eigenvalue weighted by molar-refractivity contribution is 7.89. The lowest BCUT2D eigenvalue weighted by atomic mass is 10.2. The van der Waals surface area contributed by atoms with Gasteiger partial charge in [-0.2, -0.15) is 9.30 Å². The van der Waals surface area contributed by atoms with Gasteiger partial charge in [0.2, 0.25) is 10.0 Å². The predicted molar refractivity (Wildman–Crippen MR) is 132 cm³/mol. The van der Waals surface area contributed by atoms with Crippen LogP contribution in [0.25, 0.3) is 10.2 Å². The van der Waals surface area contributed by atoms with Crippen LogP contribution in [0.5, 0.6) is 5.75 Å². The lowest BCUT2D eigenvalue weighted by molar-refractivity contribution is 0.0996. The van der Waals surface area contributed by atoms with Crippen molar-refractivity contribution >= 4 is 37.5 Å². The van der Waals surface area contributed by atoms with E-state index < -0.39 is 15.9 Å². The molecule has 8 nitrogen and oxygen atoms in total. The number of aromatic nitrogens is 1. The third-order valence-electron chi connectivity index (χ3n) is 5.80. The van der Waals surface area contributed by atoms with E-state index in [1.54, 1.807) is 7.11 Å². The van der Waals surface area contributed by atoms with Crippen molar-refractivity contribution in [3.8, 4) is 5.75 Å². The molecule has 2 heterocycles. The van der Waals surface area contributed by atoms with Crippen LogP contribution < -0.4 is 9.54 Å². The van der Waals surface area contributed by atoms with Gasteiger partial charge in [0.1, 0.15) is 5.75 Å². The maximum atomic E-state index is 13.0. The monoisotopic (exact) mass is 503 g/mol. The summed E-state index contributed by atoms with van der Waals surface area (Å²) in [4.78, 5) is 18.1. The van der Waals surface area contributed by atoms with Crippen molar-refractivity contribution < 1.29 is 22.7 Å². The minimum absolute atomic E-state index is 0.201. The van der Waals surface area contributed by atoms with Gasteiger partial charge in [-0.15, -0.1) is 0 Å². The molecule has 0 aliphatic carbocycles. The second kappa shape index (κ2) is 10.8. The molecule has 34 heavy (non-hydrogen) atoms. The largest absolute Gasteiger partial charge is 0.497 e. The summed E-state index contributed by atoms with van der Waals surface area (Å²) in [5.41, 5.74) is 1.28.